The summed E-state index contributed by atoms with van der Waals surface area (Å²) in [6.07, 6.45) is 6.34. The third-order valence-corrected chi connectivity index (χ3v) is 6.33. The number of aromatic amines is 1. The first-order chi connectivity index (χ1) is 13.3. The molecule has 1 aromatic heterocycles. The molecule has 3 fully saturated rings. The van der Waals surface area contributed by atoms with Gasteiger partial charge in [0.15, 0.2) is 0 Å². The van der Waals surface area contributed by atoms with Crippen LogP contribution in [0.15, 0.2) is 53.7 Å². The van der Waals surface area contributed by atoms with Crippen molar-refractivity contribution in [2.75, 3.05) is 19.7 Å². The molecular formula is C24H28N2O. The molecule has 3 heteroatoms. The molecule has 3 nitrogen and oxygen atoms in total. The Hall–Kier alpha value is -2.42. The molecule has 3 aliphatic heterocycles. The fourth-order valence-corrected chi connectivity index (χ4v) is 4.87. The lowest BCUT2D eigenvalue weighted by Gasteiger charge is -2.44. The Bertz CT molecular complexity index is 992. The van der Waals surface area contributed by atoms with Gasteiger partial charge in [-0.1, -0.05) is 31.5 Å². The number of para-hydroxylation sites is 1. The van der Waals surface area contributed by atoms with Crippen molar-refractivity contribution in [2.45, 2.75) is 39.0 Å². The minimum absolute atomic E-state index is 0.720. The minimum Gasteiger partial charge on any atom is -0.489 e. The number of piperidine rings is 3. The van der Waals surface area contributed by atoms with E-state index in [-0.39, 0.29) is 0 Å². The van der Waals surface area contributed by atoms with Gasteiger partial charge in [0.05, 0.1) is 5.52 Å². The molecule has 0 unspecified atom stereocenters. The average Bonchev–Trinajstić information content (AvgIpc) is 3.09. The van der Waals surface area contributed by atoms with E-state index >= 15 is 0 Å². The van der Waals surface area contributed by atoms with Gasteiger partial charge in [0.1, 0.15) is 12.4 Å². The molecule has 3 aliphatic rings. The highest BCUT2D eigenvalue weighted by molar-refractivity contribution is 6.07. The Morgan fingerprint density at radius 1 is 1.07 bits per heavy atom. The first-order valence-corrected chi connectivity index (χ1v) is 10.4. The van der Waals surface area contributed by atoms with Crippen LogP contribution in [0, 0.1) is 5.92 Å². The van der Waals surface area contributed by atoms with Crippen LogP contribution in [0.25, 0.3) is 21.8 Å². The second-order valence-corrected chi connectivity index (χ2v) is 8.10. The van der Waals surface area contributed by atoms with Crippen LogP contribution >= 0.6 is 0 Å². The molecular weight excluding hydrogens is 332 g/mol. The SMILES string of the molecule is CCCC(COc1ccc2c(c1)[nH]c1ccccc12)=C1CC2CCN1CC2. The van der Waals surface area contributed by atoms with Crippen LogP contribution in [0.1, 0.15) is 39.0 Å². The molecule has 0 atom stereocenters. The summed E-state index contributed by atoms with van der Waals surface area (Å²) in [5, 5.41) is 2.54. The molecule has 0 saturated carbocycles. The number of H-pyrrole nitrogens is 1. The van der Waals surface area contributed by atoms with Crippen molar-refractivity contribution in [3.05, 3.63) is 53.7 Å². The van der Waals surface area contributed by atoms with Crippen LogP contribution in [-0.2, 0) is 0 Å². The van der Waals surface area contributed by atoms with Crippen molar-refractivity contribution >= 4 is 21.8 Å². The zero-order chi connectivity index (χ0) is 18.2. The molecule has 0 aliphatic carbocycles. The lowest BCUT2D eigenvalue weighted by atomic mass is 9.84. The third-order valence-electron chi connectivity index (χ3n) is 6.33. The van der Waals surface area contributed by atoms with Gasteiger partial charge >= 0.3 is 0 Å². The van der Waals surface area contributed by atoms with E-state index in [1.165, 1.54) is 60.6 Å². The van der Waals surface area contributed by atoms with Gasteiger partial charge in [-0.3, -0.25) is 0 Å². The molecule has 27 heavy (non-hydrogen) atoms. The van der Waals surface area contributed by atoms with Crippen molar-refractivity contribution in [2.24, 2.45) is 5.92 Å². The summed E-state index contributed by atoms with van der Waals surface area (Å²) < 4.78 is 6.28. The Balaban J connectivity index is 1.40. The Labute approximate surface area is 161 Å². The van der Waals surface area contributed by atoms with Gasteiger partial charge in [-0.2, -0.15) is 0 Å². The molecule has 3 aromatic rings. The molecule has 6 rings (SSSR count). The van der Waals surface area contributed by atoms with Crippen molar-refractivity contribution in [3.63, 3.8) is 0 Å². The number of nitrogens with zero attached hydrogens (tertiary/aromatic N) is 1. The van der Waals surface area contributed by atoms with Crippen LogP contribution in [-0.4, -0.2) is 29.6 Å². The maximum absolute atomic E-state index is 6.28. The summed E-state index contributed by atoms with van der Waals surface area (Å²) in [5.41, 5.74) is 5.44. The molecule has 3 saturated heterocycles. The summed E-state index contributed by atoms with van der Waals surface area (Å²) >= 11 is 0. The second kappa shape index (κ2) is 6.95. The standard InChI is InChI=1S/C24H28N2O/c1-2-5-18(24-14-17-10-12-26(24)13-11-17)16-27-19-8-9-21-20-6-3-4-7-22(20)25-23(21)15-19/h3-4,6-9,15,17,25H,2,5,10-14,16H2,1H3. The number of allylic oxidation sites excluding steroid dienone is 1. The molecule has 4 heterocycles. The summed E-state index contributed by atoms with van der Waals surface area (Å²) in [5.74, 6) is 1.86. The summed E-state index contributed by atoms with van der Waals surface area (Å²) in [4.78, 5) is 6.14. The summed E-state index contributed by atoms with van der Waals surface area (Å²) in [6.45, 7) is 5.48. The van der Waals surface area contributed by atoms with E-state index in [1.807, 2.05) is 0 Å². The number of hydrogen-bond donors (Lipinski definition) is 1. The van der Waals surface area contributed by atoms with Crippen LogP contribution in [0.4, 0.5) is 0 Å². The molecule has 1 N–H and O–H groups in total. The number of ether oxygens (including phenoxy) is 1. The lowest BCUT2D eigenvalue weighted by Crippen LogP contribution is -2.40. The number of aromatic nitrogens is 1. The maximum atomic E-state index is 6.28. The van der Waals surface area contributed by atoms with E-state index in [0.29, 0.717) is 0 Å². The Kier molecular flexibility index (Phi) is 4.31. The van der Waals surface area contributed by atoms with Crippen molar-refractivity contribution in [1.29, 1.82) is 0 Å². The van der Waals surface area contributed by atoms with Gasteiger partial charge in [-0.05, 0) is 55.4 Å². The number of fused-ring (bicyclic) bond motifs is 6. The van der Waals surface area contributed by atoms with Crippen molar-refractivity contribution in [1.82, 2.24) is 9.88 Å². The van der Waals surface area contributed by atoms with E-state index in [9.17, 15) is 0 Å². The normalized spacial score (nSPS) is 19.2. The topological polar surface area (TPSA) is 28.3 Å². The van der Waals surface area contributed by atoms with E-state index in [2.05, 4.69) is 59.3 Å². The highest BCUT2D eigenvalue weighted by Crippen LogP contribution is 2.37. The van der Waals surface area contributed by atoms with Crippen LogP contribution in [0.5, 0.6) is 5.75 Å². The molecule has 2 aromatic carbocycles. The van der Waals surface area contributed by atoms with Gasteiger partial charge < -0.3 is 14.6 Å². The van der Waals surface area contributed by atoms with E-state index in [0.717, 1.165) is 30.2 Å². The largest absolute Gasteiger partial charge is 0.489 e. The summed E-state index contributed by atoms with van der Waals surface area (Å²) in [7, 11) is 0. The van der Waals surface area contributed by atoms with E-state index in [4.69, 9.17) is 4.74 Å². The van der Waals surface area contributed by atoms with Gasteiger partial charge in [0.2, 0.25) is 0 Å². The van der Waals surface area contributed by atoms with Gasteiger partial charge in [-0.25, -0.2) is 0 Å². The second-order valence-electron chi connectivity index (χ2n) is 8.10. The smallest absolute Gasteiger partial charge is 0.121 e. The van der Waals surface area contributed by atoms with Gasteiger partial charge in [-0.15, -0.1) is 0 Å². The number of hydrogen-bond acceptors (Lipinski definition) is 2. The van der Waals surface area contributed by atoms with E-state index < -0.39 is 0 Å². The van der Waals surface area contributed by atoms with Crippen LogP contribution < -0.4 is 4.74 Å². The summed E-state index contributed by atoms with van der Waals surface area (Å²) in [6, 6.07) is 14.9. The fraction of sp³-hybridized carbons (Fsp3) is 0.417. The zero-order valence-corrected chi connectivity index (χ0v) is 16.1. The molecule has 0 radical (unpaired) electrons. The number of benzene rings is 2. The van der Waals surface area contributed by atoms with Crippen LogP contribution in [0.3, 0.4) is 0 Å². The fourth-order valence-electron chi connectivity index (χ4n) is 4.87. The van der Waals surface area contributed by atoms with Crippen molar-refractivity contribution < 1.29 is 4.74 Å². The predicted molar refractivity (Wildman–Crippen MR) is 112 cm³/mol. The van der Waals surface area contributed by atoms with E-state index in [1.54, 1.807) is 5.70 Å². The third kappa shape index (κ3) is 3.09. The highest BCUT2D eigenvalue weighted by Gasteiger charge is 2.30. The minimum atomic E-state index is 0.720. The monoisotopic (exact) mass is 360 g/mol. The zero-order valence-electron chi connectivity index (χ0n) is 16.1. The quantitative estimate of drug-likeness (QED) is 0.616. The Morgan fingerprint density at radius 2 is 1.89 bits per heavy atom. The lowest BCUT2D eigenvalue weighted by molar-refractivity contribution is 0.154. The van der Waals surface area contributed by atoms with Crippen LogP contribution in [0.2, 0.25) is 0 Å². The van der Waals surface area contributed by atoms with Gasteiger partial charge in [0, 0.05) is 41.1 Å². The molecule has 140 valence electrons. The maximum Gasteiger partial charge on any atom is 0.121 e. The Morgan fingerprint density at radius 3 is 2.67 bits per heavy atom. The van der Waals surface area contributed by atoms with Gasteiger partial charge in [0.25, 0.3) is 0 Å². The van der Waals surface area contributed by atoms with Crippen molar-refractivity contribution in [3.8, 4) is 5.75 Å². The number of rotatable bonds is 5. The molecule has 2 bridgehead atoms. The predicted octanol–water partition coefficient (Wildman–Crippen LogP) is 5.87. The number of nitrogens with one attached hydrogen (secondary N) is 1. The molecule has 0 amide bonds. The highest BCUT2D eigenvalue weighted by atomic mass is 16.5. The average molecular weight is 361 g/mol. The first kappa shape index (κ1) is 16.7. The first-order valence-electron chi connectivity index (χ1n) is 10.4. The molecule has 0 spiro atoms.